The number of guanidine groups is 1. The molecule has 0 radical (unpaired) electrons. The predicted octanol–water partition coefficient (Wildman–Crippen LogP) is 3.26. The van der Waals surface area contributed by atoms with E-state index in [4.69, 9.17) is 0 Å². The van der Waals surface area contributed by atoms with Crippen molar-refractivity contribution in [2.75, 3.05) is 13.6 Å². The Morgan fingerprint density at radius 3 is 2.57 bits per heavy atom. The van der Waals surface area contributed by atoms with Crippen molar-refractivity contribution in [1.29, 1.82) is 0 Å². The molecule has 6 heteroatoms. The van der Waals surface area contributed by atoms with Gasteiger partial charge in [-0.15, -0.1) is 0 Å². The van der Waals surface area contributed by atoms with Gasteiger partial charge in [-0.25, -0.2) is 4.39 Å². The zero-order valence-electron chi connectivity index (χ0n) is 16.8. The van der Waals surface area contributed by atoms with Gasteiger partial charge in [-0.05, 0) is 55.2 Å². The molecule has 0 aromatic heterocycles. The van der Waals surface area contributed by atoms with Gasteiger partial charge in [0.05, 0.1) is 0 Å². The normalized spacial score (nSPS) is 12.4. The van der Waals surface area contributed by atoms with Crippen LogP contribution in [-0.2, 0) is 13.0 Å². The molecule has 1 amide bonds. The fourth-order valence-electron chi connectivity index (χ4n) is 2.66. The molecule has 2 aromatic rings. The zero-order chi connectivity index (χ0) is 20.4. The minimum Gasteiger partial charge on any atom is -0.356 e. The highest BCUT2D eigenvalue weighted by Crippen LogP contribution is 2.06. The highest BCUT2D eigenvalue weighted by Gasteiger charge is 2.09. The van der Waals surface area contributed by atoms with Gasteiger partial charge < -0.3 is 16.0 Å². The number of halogens is 1. The highest BCUT2D eigenvalue weighted by molar-refractivity contribution is 5.94. The van der Waals surface area contributed by atoms with Gasteiger partial charge >= 0.3 is 0 Å². The fourth-order valence-corrected chi connectivity index (χ4v) is 2.66. The highest BCUT2D eigenvalue weighted by atomic mass is 19.1. The first-order valence-corrected chi connectivity index (χ1v) is 9.60. The van der Waals surface area contributed by atoms with E-state index in [-0.39, 0.29) is 17.8 Å². The largest absolute Gasteiger partial charge is 0.356 e. The summed E-state index contributed by atoms with van der Waals surface area (Å²) in [6.07, 6.45) is 1.59. The van der Waals surface area contributed by atoms with E-state index in [9.17, 15) is 9.18 Å². The van der Waals surface area contributed by atoms with Gasteiger partial charge in [-0.3, -0.25) is 9.79 Å². The van der Waals surface area contributed by atoms with Crippen molar-refractivity contribution < 1.29 is 9.18 Å². The third-order valence-electron chi connectivity index (χ3n) is 4.46. The van der Waals surface area contributed by atoms with Crippen LogP contribution in [0.5, 0.6) is 0 Å². The van der Waals surface area contributed by atoms with E-state index in [1.54, 1.807) is 13.1 Å². The summed E-state index contributed by atoms with van der Waals surface area (Å²) in [5.41, 5.74) is 2.57. The van der Waals surface area contributed by atoms with Crippen LogP contribution in [0.3, 0.4) is 0 Å². The number of carbonyl (C=O) groups excluding carboxylic acids is 1. The van der Waals surface area contributed by atoms with Crippen molar-refractivity contribution in [3.05, 3.63) is 71.0 Å². The molecule has 1 unspecified atom stereocenters. The number of carbonyl (C=O) groups is 1. The second-order valence-corrected chi connectivity index (χ2v) is 6.72. The Morgan fingerprint density at radius 1 is 1.11 bits per heavy atom. The average Bonchev–Trinajstić information content (AvgIpc) is 2.70. The third kappa shape index (κ3) is 7.02. The van der Waals surface area contributed by atoms with Crippen LogP contribution in [0.25, 0.3) is 0 Å². The first-order valence-electron chi connectivity index (χ1n) is 9.60. The van der Waals surface area contributed by atoms with Crippen molar-refractivity contribution in [2.24, 2.45) is 4.99 Å². The van der Waals surface area contributed by atoms with E-state index in [2.05, 4.69) is 20.9 Å². The maximum absolute atomic E-state index is 13.2. The Hall–Kier alpha value is -2.89. The molecule has 0 spiro atoms. The van der Waals surface area contributed by atoms with Crippen molar-refractivity contribution in [3.8, 4) is 0 Å². The summed E-state index contributed by atoms with van der Waals surface area (Å²) in [7, 11) is 1.70. The number of rotatable bonds is 8. The Balaban J connectivity index is 1.84. The van der Waals surface area contributed by atoms with Crippen LogP contribution in [0.15, 0.2) is 53.5 Å². The molecule has 150 valence electrons. The molecular formula is C22H29FN4O. The zero-order valence-corrected chi connectivity index (χ0v) is 16.8. The van der Waals surface area contributed by atoms with E-state index in [0.717, 1.165) is 17.5 Å². The number of benzene rings is 2. The summed E-state index contributed by atoms with van der Waals surface area (Å²) in [5, 5.41) is 9.42. The Labute approximate surface area is 166 Å². The molecule has 2 rings (SSSR count). The number of aliphatic imine (C=N–C) groups is 1. The maximum Gasteiger partial charge on any atom is 0.251 e. The number of amides is 1. The van der Waals surface area contributed by atoms with E-state index >= 15 is 0 Å². The topological polar surface area (TPSA) is 65.5 Å². The molecule has 0 fully saturated rings. The molecule has 0 aliphatic heterocycles. The second kappa shape index (κ2) is 11.1. The third-order valence-corrected chi connectivity index (χ3v) is 4.46. The lowest BCUT2D eigenvalue weighted by Crippen LogP contribution is -2.38. The Kier molecular flexibility index (Phi) is 8.46. The molecule has 0 bridgehead atoms. The van der Waals surface area contributed by atoms with Gasteiger partial charge in [0.2, 0.25) is 0 Å². The van der Waals surface area contributed by atoms with Crippen LogP contribution in [0.4, 0.5) is 4.39 Å². The smallest absolute Gasteiger partial charge is 0.251 e. The quantitative estimate of drug-likeness (QED) is 0.483. The SMILES string of the molecule is CCC(C)NC(=O)c1cccc(CNC(=NC)NCCc2cccc(F)c2)c1. The van der Waals surface area contributed by atoms with Crippen molar-refractivity contribution >= 4 is 11.9 Å². The van der Waals surface area contributed by atoms with E-state index in [1.165, 1.54) is 12.1 Å². The van der Waals surface area contributed by atoms with E-state index < -0.39 is 0 Å². The summed E-state index contributed by atoms with van der Waals surface area (Å²) in [6.45, 7) is 5.21. The van der Waals surface area contributed by atoms with Gasteiger partial charge in [0.15, 0.2) is 5.96 Å². The summed E-state index contributed by atoms with van der Waals surface area (Å²) < 4.78 is 13.2. The van der Waals surface area contributed by atoms with Crippen molar-refractivity contribution in [1.82, 2.24) is 16.0 Å². The van der Waals surface area contributed by atoms with Gasteiger partial charge in [-0.1, -0.05) is 31.2 Å². The number of hydrogen-bond donors (Lipinski definition) is 3. The molecule has 28 heavy (non-hydrogen) atoms. The molecule has 0 saturated carbocycles. The molecule has 1 atom stereocenters. The lowest BCUT2D eigenvalue weighted by atomic mass is 10.1. The first kappa shape index (κ1) is 21.4. The minimum atomic E-state index is -0.225. The van der Waals surface area contributed by atoms with E-state index in [1.807, 2.05) is 44.2 Å². The van der Waals surface area contributed by atoms with Crippen LogP contribution in [0, 0.1) is 5.82 Å². The van der Waals surface area contributed by atoms with Gasteiger partial charge in [0.1, 0.15) is 5.82 Å². The molecule has 0 saturated heterocycles. The monoisotopic (exact) mass is 384 g/mol. The lowest BCUT2D eigenvalue weighted by Gasteiger charge is -2.14. The van der Waals surface area contributed by atoms with Gasteiger partial charge in [0.25, 0.3) is 5.91 Å². The summed E-state index contributed by atoms with van der Waals surface area (Å²) in [6, 6.07) is 14.3. The number of nitrogens with one attached hydrogen (secondary N) is 3. The lowest BCUT2D eigenvalue weighted by molar-refractivity contribution is 0.0939. The standard InChI is InChI=1S/C22H29FN4O/c1-4-16(2)27-21(28)19-9-5-8-18(13-19)15-26-22(24-3)25-12-11-17-7-6-10-20(23)14-17/h5-10,13-14,16H,4,11-12,15H2,1-3H3,(H,27,28)(H2,24,25,26). The van der Waals surface area contributed by atoms with Crippen LogP contribution in [-0.4, -0.2) is 31.5 Å². The number of hydrogen-bond acceptors (Lipinski definition) is 2. The Bertz CT molecular complexity index is 807. The first-order chi connectivity index (χ1) is 13.5. The predicted molar refractivity (Wildman–Crippen MR) is 112 cm³/mol. The Morgan fingerprint density at radius 2 is 1.86 bits per heavy atom. The summed E-state index contributed by atoms with van der Waals surface area (Å²) in [5.74, 6) is 0.372. The molecule has 3 N–H and O–H groups in total. The van der Waals surface area contributed by atoms with Crippen LogP contribution < -0.4 is 16.0 Å². The van der Waals surface area contributed by atoms with Crippen molar-refractivity contribution in [3.63, 3.8) is 0 Å². The van der Waals surface area contributed by atoms with E-state index in [0.29, 0.717) is 31.0 Å². The molecule has 0 aliphatic carbocycles. The number of nitrogens with zero attached hydrogens (tertiary/aromatic N) is 1. The summed E-state index contributed by atoms with van der Waals surface area (Å²) >= 11 is 0. The average molecular weight is 384 g/mol. The molecule has 0 heterocycles. The maximum atomic E-state index is 13.2. The molecule has 2 aromatic carbocycles. The van der Waals surface area contributed by atoms with Crippen LogP contribution >= 0.6 is 0 Å². The van der Waals surface area contributed by atoms with Crippen LogP contribution in [0.1, 0.15) is 41.8 Å². The fraction of sp³-hybridized carbons (Fsp3) is 0.364. The summed E-state index contributed by atoms with van der Waals surface area (Å²) in [4.78, 5) is 16.5. The molecule has 5 nitrogen and oxygen atoms in total. The van der Waals surface area contributed by atoms with Crippen LogP contribution in [0.2, 0.25) is 0 Å². The molecular weight excluding hydrogens is 355 g/mol. The van der Waals surface area contributed by atoms with Crippen molar-refractivity contribution in [2.45, 2.75) is 39.3 Å². The second-order valence-electron chi connectivity index (χ2n) is 6.72. The van der Waals surface area contributed by atoms with Gasteiger partial charge in [0, 0.05) is 31.7 Å². The molecule has 0 aliphatic rings. The minimum absolute atomic E-state index is 0.0613. The van der Waals surface area contributed by atoms with Gasteiger partial charge in [-0.2, -0.15) is 0 Å².